The lowest BCUT2D eigenvalue weighted by Crippen LogP contribution is -2.19. The molecule has 1 N–H and O–H groups in total. The van der Waals surface area contributed by atoms with Crippen LogP contribution in [-0.2, 0) is 0 Å². The van der Waals surface area contributed by atoms with Gasteiger partial charge in [-0.3, -0.25) is 4.98 Å². The van der Waals surface area contributed by atoms with E-state index >= 15 is 0 Å². The van der Waals surface area contributed by atoms with Crippen LogP contribution in [0.3, 0.4) is 0 Å². The molecular weight excluding hydrogens is 270 g/mol. The highest BCUT2D eigenvalue weighted by Crippen LogP contribution is 2.26. The van der Waals surface area contributed by atoms with E-state index < -0.39 is 11.6 Å². The van der Waals surface area contributed by atoms with E-state index in [4.69, 9.17) is 0 Å². The molecule has 0 fully saturated rings. The van der Waals surface area contributed by atoms with Gasteiger partial charge in [0.15, 0.2) is 0 Å². The number of hydrogen-bond donors (Lipinski definition) is 1. The number of pyridine rings is 1. The van der Waals surface area contributed by atoms with E-state index in [9.17, 15) is 8.78 Å². The topological polar surface area (TPSA) is 24.9 Å². The molecule has 106 valence electrons. The number of nitrogens with one attached hydrogen (secondary N) is 1. The van der Waals surface area contributed by atoms with Gasteiger partial charge in [-0.25, -0.2) is 8.78 Å². The van der Waals surface area contributed by atoms with Crippen LogP contribution in [0, 0.1) is 11.6 Å². The number of benzene rings is 2. The number of aromatic nitrogens is 1. The fourth-order valence-electron chi connectivity index (χ4n) is 2.48. The third-order valence-corrected chi connectivity index (χ3v) is 3.51. The highest BCUT2D eigenvalue weighted by Gasteiger charge is 2.17. The van der Waals surface area contributed by atoms with E-state index in [1.807, 2.05) is 30.3 Å². The molecule has 0 aliphatic carbocycles. The van der Waals surface area contributed by atoms with Crippen LogP contribution in [0.15, 0.2) is 54.7 Å². The molecule has 2 aromatic carbocycles. The second-order valence-corrected chi connectivity index (χ2v) is 4.85. The number of rotatable bonds is 3. The molecular formula is C17H14F2N2. The average Bonchev–Trinajstić information content (AvgIpc) is 2.50. The van der Waals surface area contributed by atoms with Crippen molar-refractivity contribution in [1.82, 2.24) is 10.3 Å². The smallest absolute Gasteiger partial charge is 0.131 e. The van der Waals surface area contributed by atoms with Crippen molar-refractivity contribution in [3.63, 3.8) is 0 Å². The Morgan fingerprint density at radius 2 is 1.86 bits per heavy atom. The van der Waals surface area contributed by atoms with Crippen LogP contribution >= 0.6 is 0 Å². The van der Waals surface area contributed by atoms with Crippen molar-refractivity contribution < 1.29 is 8.78 Å². The van der Waals surface area contributed by atoms with Crippen molar-refractivity contribution in [3.8, 4) is 0 Å². The largest absolute Gasteiger partial charge is 0.309 e. The summed E-state index contributed by atoms with van der Waals surface area (Å²) in [4.78, 5) is 4.39. The lowest BCUT2D eigenvalue weighted by molar-refractivity contribution is 0.551. The first kappa shape index (κ1) is 13.6. The van der Waals surface area contributed by atoms with Gasteiger partial charge in [-0.1, -0.05) is 24.3 Å². The molecule has 1 aromatic heterocycles. The van der Waals surface area contributed by atoms with Gasteiger partial charge in [0.1, 0.15) is 11.6 Å². The molecule has 0 aliphatic heterocycles. The summed E-state index contributed by atoms with van der Waals surface area (Å²) in [7, 11) is 1.74. The van der Waals surface area contributed by atoms with Gasteiger partial charge in [0.2, 0.25) is 0 Å². The molecule has 0 saturated heterocycles. The van der Waals surface area contributed by atoms with Gasteiger partial charge >= 0.3 is 0 Å². The minimum Gasteiger partial charge on any atom is -0.309 e. The maximum Gasteiger partial charge on any atom is 0.131 e. The van der Waals surface area contributed by atoms with E-state index in [1.54, 1.807) is 13.2 Å². The van der Waals surface area contributed by atoms with Crippen LogP contribution in [0.1, 0.15) is 17.2 Å². The molecule has 0 bridgehead atoms. The molecule has 1 unspecified atom stereocenters. The molecule has 0 spiro atoms. The van der Waals surface area contributed by atoms with Crippen LogP contribution < -0.4 is 5.32 Å². The Labute approximate surface area is 121 Å². The fourth-order valence-corrected chi connectivity index (χ4v) is 2.48. The summed E-state index contributed by atoms with van der Waals surface area (Å²) in [5.74, 6) is -1.15. The molecule has 2 nitrogen and oxygen atoms in total. The Morgan fingerprint density at radius 1 is 1.05 bits per heavy atom. The summed E-state index contributed by atoms with van der Waals surface area (Å²) in [6.45, 7) is 0. The first-order valence-corrected chi connectivity index (χ1v) is 6.66. The number of fused-ring (bicyclic) bond motifs is 1. The molecule has 3 rings (SSSR count). The number of para-hydroxylation sites is 1. The Morgan fingerprint density at radius 3 is 2.62 bits per heavy atom. The predicted molar refractivity (Wildman–Crippen MR) is 79.0 cm³/mol. The van der Waals surface area contributed by atoms with Gasteiger partial charge in [-0.2, -0.15) is 0 Å². The van der Waals surface area contributed by atoms with Crippen LogP contribution in [0.4, 0.5) is 8.78 Å². The van der Waals surface area contributed by atoms with Crippen molar-refractivity contribution in [1.29, 1.82) is 0 Å². The summed E-state index contributed by atoms with van der Waals surface area (Å²) in [5, 5.41) is 4.04. The molecule has 3 aromatic rings. The second-order valence-electron chi connectivity index (χ2n) is 4.85. The first-order chi connectivity index (χ1) is 10.2. The van der Waals surface area contributed by atoms with Gasteiger partial charge < -0.3 is 5.32 Å². The number of halogens is 2. The Balaban J connectivity index is 2.09. The summed E-state index contributed by atoms with van der Waals surface area (Å²) in [5.41, 5.74) is 2.12. The fraction of sp³-hybridized carbons (Fsp3) is 0.118. The van der Waals surface area contributed by atoms with Crippen molar-refractivity contribution in [2.45, 2.75) is 6.04 Å². The maximum absolute atomic E-state index is 14.0. The standard InChI is InChI=1S/C17H14F2N2/c1-20-17(14-7-6-13(18)9-15(14)19)12-8-11-4-2-3-5-16(11)21-10-12/h2-10,17,20H,1H3. The lowest BCUT2D eigenvalue weighted by atomic mass is 9.98. The van der Waals surface area contributed by atoms with Crippen molar-refractivity contribution >= 4 is 10.9 Å². The highest BCUT2D eigenvalue weighted by molar-refractivity contribution is 5.79. The Hall–Kier alpha value is -2.33. The lowest BCUT2D eigenvalue weighted by Gasteiger charge is -2.18. The minimum atomic E-state index is -0.581. The molecule has 4 heteroatoms. The maximum atomic E-state index is 14.0. The quantitative estimate of drug-likeness (QED) is 0.791. The van der Waals surface area contributed by atoms with E-state index in [-0.39, 0.29) is 6.04 Å². The Kier molecular flexibility index (Phi) is 3.62. The monoisotopic (exact) mass is 284 g/mol. The van der Waals surface area contributed by atoms with Crippen LogP contribution in [0.25, 0.3) is 10.9 Å². The number of hydrogen-bond acceptors (Lipinski definition) is 2. The van der Waals surface area contributed by atoms with Crippen LogP contribution in [-0.4, -0.2) is 12.0 Å². The molecule has 0 radical (unpaired) electrons. The van der Waals surface area contributed by atoms with Gasteiger partial charge in [0.05, 0.1) is 11.6 Å². The third-order valence-electron chi connectivity index (χ3n) is 3.51. The first-order valence-electron chi connectivity index (χ1n) is 6.66. The average molecular weight is 284 g/mol. The molecule has 0 aliphatic rings. The van der Waals surface area contributed by atoms with Crippen molar-refractivity contribution in [2.75, 3.05) is 7.05 Å². The molecule has 0 amide bonds. The van der Waals surface area contributed by atoms with Gasteiger partial charge in [-0.15, -0.1) is 0 Å². The van der Waals surface area contributed by atoms with Gasteiger partial charge in [-0.05, 0) is 30.8 Å². The molecule has 21 heavy (non-hydrogen) atoms. The van der Waals surface area contributed by atoms with Crippen molar-refractivity contribution in [2.24, 2.45) is 0 Å². The zero-order chi connectivity index (χ0) is 14.8. The summed E-state index contributed by atoms with van der Waals surface area (Å²) < 4.78 is 27.0. The van der Waals surface area contributed by atoms with Gasteiger partial charge in [0, 0.05) is 23.2 Å². The highest BCUT2D eigenvalue weighted by atomic mass is 19.1. The van der Waals surface area contributed by atoms with Gasteiger partial charge in [0.25, 0.3) is 0 Å². The zero-order valence-electron chi connectivity index (χ0n) is 11.5. The molecule has 1 atom stereocenters. The van der Waals surface area contributed by atoms with E-state index in [0.29, 0.717) is 5.56 Å². The third kappa shape index (κ3) is 2.62. The summed E-state index contributed by atoms with van der Waals surface area (Å²) >= 11 is 0. The zero-order valence-corrected chi connectivity index (χ0v) is 11.5. The SMILES string of the molecule is CNC(c1cnc2ccccc2c1)c1ccc(F)cc1F. The van der Waals surface area contributed by atoms with Crippen LogP contribution in [0.5, 0.6) is 0 Å². The van der Waals surface area contributed by atoms with E-state index in [1.165, 1.54) is 12.1 Å². The molecule has 1 heterocycles. The normalized spacial score (nSPS) is 12.5. The predicted octanol–water partition coefficient (Wildman–Crippen LogP) is 3.82. The van der Waals surface area contributed by atoms with E-state index in [0.717, 1.165) is 22.5 Å². The van der Waals surface area contributed by atoms with Crippen LogP contribution in [0.2, 0.25) is 0 Å². The molecule has 0 saturated carbocycles. The summed E-state index contributed by atoms with van der Waals surface area (Å²) in [6, 6.07) is 12.9. The van der Waals surface area contributed by atoms with E-state index in [2.05, 4.69) is 10.3 Å². The van der Waals surface area contributed by atoms with Crippen molar-refractivity contribution in [3.05, 3.63) is 77.5 Å². The Bertz CT molecular complexity index is 787. The number of nitrogens with zero attached hydrogens (tertiary/aromatic N) is 1. The minimum absolute atomic E-state index is 0.372. The second kappa shape index (κ2) is 5.58. The summed E-state index contributed by atoms with van der Waals surface area (Å²) in [6.07, 6.45) is 1.71.